The number of alkyl halides is 2. The van der Waals surface area contributed by atoms with Crippen LogP contribution in [0.4, 0.5) is 8.78 Å². The number of halogens is 2. The van der Waals surface area contributed by atoms with E-state index >= 15 is 0 Å². The molecule has 20 heavy (non-hydrogen) atoms. The van der Waals surface area contributed by atoms with E-state index in [1.807, 2.05) is 24.3 Å². The smallest absolute Gasteiger partial charge is 0.257 e. The summed E-state index contributed by atoms with van der Waals surface area (Å²) in [5, 5.41) is 7.28. The third kappa shape index (κ3) is 4.31. The van der Waals surface area contributed by atoms with Crippen LogP contribution in [0.5, 0.6) is 5.75 Å². The van der Waals surface area contributed by atoms with E-state index in [9.17, 15) is 8.78 Å². The van der Waals surface area contributed by atoms with E-state index in [1.165, 1.54) is 4.68 Å². The molecule has 0 saturated heterocycles. The Kier molecular flexibility index (Phi) is 5.06. The number of ether oxygens (including phenoxy) is 1. The normalized spacial score (nSPS) is 11.0. The monoisotopic (exact) mass is 281 g/mol. The molecule has 2 rings (SSSR count). The average molecular weight is 281 g/mol. The van der Waals surface area contributed by atoms with Gasteiger partial charge in [0.2, 0.25) is 0 Å². The Morgan fingerprint density at radius 1 is 1.30 bits per heavy atom. The minimum atomic E-state index is -2.38. The van der Waals surface area contributed by atoms with Crippen molar-refractivity contribution in [2.45, 2.75) is 26.1 Å². The van der Waals surface area contributed by atoms with Crippen LogP contribution in [0.1, 0.15) is 11.3 Å². The van der Waals surface area contributed by atoms with Crippen molar-refractivity contribution in [3.8, 4) is 5.75 Å². The molecule has 4 nitrogen and oxygen atoms in total. The summed E-state index contributed by atoms with van der Waals surface area (Å²) in [6.07, 6.45) is -0.818. The van der Waals surface area contributed by atoms with Gasteiger partial charge in [0, 0.05) is 19.3 Å². The number of nitrogens with one attached hydrogen (secondary N) is 1. The fraction of sp³-hybridized carbons (Fsp3) is 0.357. The van der Waals surface area contributed by atoms with Crippen LogP contribution < -0.4 is 10.1 Å². The van der Waals surface area contributed by atoms with Gasteiger partial charge in [0.15, 0.2) is 0 Å². The van der Waals surface area contributed by atoms with Gasteiger partial charge >= 0.3 is 0 Å². The highest BCUT2D eigenvalue weighted by Crippen LogP contribution is 2.12. The summed E-state index contributed by atoms with van der Waals surface area (Å²) in [5.41, 5.74) is 1.84. The molecule has 1 heterocycles. The van der Waals surface area contributed by atoms with Gasteiger partial charge in [0.05, 0.1) is 12.8 Å². The molecule has 0 aliphatic rings. The molecule has 2 aromatic rings. The van der Waals surface area contributed by atoms with Crippen molar-refractivity contribution < 1.29 is 13.5 Å². The molecule has 0 unspecified atom stereocenters. The van der Waals surface area contributed by atoms with E-state index in [0.717, 1.165) is 17.0 Å². The number of hydrogen-bond acceptors (Lipinski definition) is 3. The van der Waals surface area contributed by atoms with Crippen LogP contribution in [0.25, 0.3) is 0 Å². The molecular weight excluding hydrogens is 264 g/mol. The number of benzene rings is 1. The number of aromatic nitrogens is 2. The van der Waals surface area contributed by atoms with Crippen molar-refractivity contribution in [1.82, 2.24) is 15.1 Å². The van der Waals surface area contributed by atoms with E-state index in [0.29, 0.717) is 13.1 Å². The second-order valence-corrected chi connectivity index (χ2v) is 4.38. The number of methoxy groups -OCH3 is 1. The highest BCUT2D eigenvalue weighted by molar-refractivity contribution is 5.28. The number of hydrogen-bond donors (Lipinski definition) is 1. The second kappa shape index (κ2) is 7.00. The third-order valence-corrected chi connectivity index (χ3v) is 2.79. The van der Waals surface area contributed by atoms with E-state index < -0.39 is 6.43 Å². The quantitative estimate of drug-likeness (QED) is 0.847. The highest BCUT2D eigenvalue weighted by Gasteiger charge is 2.05. The van der Waals surface area contributed by atoms with Gasteiger partial charge in [-0.25, -0.2) is 8.78 Å². The number of nitrogens with zero attached hydrogens (tertiary/aromatic N) is 2. The summed E-state index contributed by atoms with van der Waals surface area (Å²) in [6.45, 7) is 0.836. The summed E-state index contributed by atoms with van der Waals surface area (Å²) >= 11 is 0. The minimum absolute atomic E-state index is 0.365. The first-order valence-electron chi connectivity index (χ1n) is 6.31. The van der Waals surface area contributed by atoms with Crippen LogP contribution in [0.2, 0.25) is 0 Å². The molecule has 0 saturated carbocycles. The van der Waals surface area contributed by atoms with E-state index in [1.54, 1.807) is 19.4 Å². The molecule has 0 radical (unpaired) electrons. The fourth-order valence-corrected chi connectivity index (χ4v) is 1.86. The molecule has 1 aromatic heterocycles. The van der Waals surface area contributed by atoms with Crippen molar-refractivity contribution in [1.29, 1.82) is 0 Å². The lowest BCUT2D eigenvalue weighted by Gasteiger charge is -2.05. The summed E-state index contributed by atoms with van der Waals surface area (Å²) in [6, 6.07) is 9.48. The van der Waals surface area contributed by atoms with Crippen LogP contribution in [-0.2, 0) is 19.6 Å². The molecule has 0 atom stereocenters. The van der Waals surface area contributed by atoms with E-state index in [-0.39, 0.29) is 6.54 Å². The maximum atomic E-state index is 12.2. The van der Waals surface area contributed by atoms with Gasteiger partial charge in [-0.3, -0.25) is 4.68 Å². The molecular formula is C14H17F2N3O. The van der Waals surface area contributed by atoms with Crippen molar-refractivity contribution in [3.63, 3.8) is 0 Å². The summed E-state index contributed by atoms with van der Waals surface area (Å²) < 4.78 is 30.8. The van der Waals surface area contributed by atoms with Crippen molar-refractivity contribution in [2.75, 3.05) is 7.11 Å². The highest BCUT2D eigenvalue weighted by atomic mass is 19.3. The zero-order chi connectivity index (χ0) is 14.4. The molecule has 1 N–H and O–H groups in total. The average Bonchev–Trinajstić information content (AvgIpc) is 2.86. The minimum Gasteiger partial charge on any atom is -0.497 e. The van der Waals surface area contributed by atoms with E-state index in [2.05, 4.69) is 10.4 Å². The predicted octanol–water partition coefficient (Wildman–Crippen LogP) is 2.45. The van der Waals surface area contributed by atoms with Gasteiger partial charge in [-0.2, -0.15) is 5.10 Å². The van der Waals surface area contributed by atoms with E-state index in [4.69, 9.17) is 4.74 Å². The molecule has 0 amide bonds. The molecule has 6 heteroatoms. The molecule has 0 aliphatic heterocycles. The Morgan fingerprint density at radius 3 is 2.90 bits per heavy atom. The zero-order valence-corrected chi connectivity index (χ0v) is 11.2. The van der Waals surface area contributed by atoms with Crippen LogP contribution in [0.15, 0.2) is 36.5 Å². The summed E-state index contributed by atoms with van der Waals surface area (Å²) in [5.74, 6) is 0.811. The van der Waals surface area contributed by atoms with Crippen LogP contribution in [0, 0.1) is 0 Å². The lowest BCUT2D eigenvalue weighted by Crippen LogP contribution is -2.14. The number of rotatable bonds is 7. The van der Waals surface area contributed by atoms with Crippen LogP contribution in [-0.4, -0.2) is 23.3 Å². The Labute approximate surface area is 116 Å². The largest absolute Gasteiger partial charge is 0.497 e. The molecule has 108 valence electrons. The van der Waals surface area contributed by atoms with Gasteiger partial charge < -0.3 is 10.1 Å². The van der Waals surface area contributed by atoms with Crippen molar-refractivity contribution in [3.05, 3.63) is 47.8 Å². The Hall–Kier alpha value is -1.95. The molecule has 1 aromatic carbocycles. The Balaban J connectivity index is 1.81. The first-order chi connectivity index (χ1) is 9.67. The topological polar surface area (TPSA) is 39.1 Å². The molecule has 0 bridgehead atoms. The molecule has 0 fully saturated rings. The van der Waals surface area contributed by atoms with Gasteiger partial charge in [-0.1, -0.05) is 12.1 Å². The maximum absolute atomic E-state index is 12.2. The standard InChI is InChI=1S/C14H17F2N3O/c1-20-13-4-2-3-11(7-13)8-17-9-12-5-6-19(18-12)10-14(15)16/h2-7,14,17H,8-10H2,1H3. The van der Waals surface area contributed by atoms with Crippen molar-refractivity contribution >= 4 is 0 Å². The fourth-order valence-electron chi connectivity index (χ4n) is 1.86. The predicted molar refractivity (Wildman–Crippen MR) is 71.8 cm³/mol. The zero-order valence-electron chi connectivity index (χ0n) is 11.2. The van der Waals surface area contributed by atoms with Gasteiger partial charge in [0.25, 0.3) is 6.43 Å². The molecule has 0 spiro atoms. The van der Waals surface area contributed by atoms with Crippen LogP contribution in [0.3, 0.4) is 0 Å². The first-order valence-corrected chi connectivity index (χ1v) is 6.31. The van der Waals surface area contributed by atoms with Gasteiger partial charge in [-0.15, -0.1) is 0 Å². The Morgan fingerprint density at radius 2 is 2.15 bits per heavy atom. The lowest BCUT2D eigenvalue weighted by molar-refractivity contribution is 0.121. The third-order valence-electron chi connectivity index (χ3n) is 2.79. The van der Waals surface area contributed by atoms with Crippen LogP contribution >= 0.6 is 0 Å². The molecule has 0 aliphatic carbocycles. The SMILES string of the molecule is COc1cccc(CNCc2ccn(CC(F)F)n2)c1. The van der Waals surface area contributed by atoms with Crippen molar-refractivity contribution in [2.24, 2.45) is 0 Å². The van der Waals surface area contributed by atoms with Gasteiger partial charge in [-0.05, 0) is 23.8 Å². The first kappa shape index (κ1) is 14.5. The Bertz CT molecular complexity index is 543. The summed E-state index contributed by atoms with van der Waals surface area (Å²) in [4.78, 5) is 0. The maximum Gasteiger partial charge on any atom is 0.257 e. The summed E-state index contributed by atoms with van der Waals surface area (Å²) in [7, 11) is 1.63. The lowest BCUT2D eigenvalue weighted by atomic mass is 10.2. The second-order valence-electron chi connectivity index (χ2n) is 4.38. The van der Waals surface area contributed by atoms with Gasteiger partial charge in [0.1, 0.15) is 12.3 Å².